The van der Waals surface area contributed by atoms with E-state index in [0.717, 1.165) is 10.1 Å². The van der Waals surface area contributed by atoms with E-state index in [1.165, 1.54) is 0 Å². The summed E-state index contributed by atoms with van der Waals surface area (Å²) in [5.41, 5.74) is 0.749. The molecule has 0 atom stereocenters. The third-order valence-corrected chi connectivity index (χ3v) is 1.81. The second-order valence-corrected chi connectivity index (χ2v) is 2.59. The first-order valence-electron chi connectivity index (χ1n) is 3.64. The summed E-state index contributed by atoms with van der Waals surface area (Å²) in [5, 5.41) is 17.6. The Bertz CT molecular complexity index is 473. The van der Waals surface area contributed by atoms with Gasteiger partial charge in [-0.3, -0.25) is 5.41 Å². The van der Waals surface area contributed by atoms with Crippen molar-refractivity contribution in [3.05, 3.63) is 41.9 Å². The molecule has 0 aliphatic heterocycles. The third-order valence-electron chi connectivity index (χ3n) is 1.81. The Morgan fingerprint density at radius 2 is 1.83 bits per heavy atom. The van der Waals surface area contributed by atoms with Crippen LogP contribution in [-0.4, -0.2) is 9.94 Å². The normalized spacial score (nSPS) is 10.3. The first-order valence-corrected chi connectivity index (χ1v) is 3.64. The number of hydrogen-bond acceptors (Lipinski definition) is 2. The van der Waals surface area contributed by atoms with E-state index in [0.29, 0.717) is 5.52 Å². The average Bonchev–Trinajstić information content (AvgIpc) is 2.12. The number of rotatable bonds is 0. The molecule has 0 aliphatic carbocycles. The Kier molecular flexibility index (Phi) is 1.37. The van der Waals surface area contributed by atoms with Crippen LogP contribution in [0.2, 0.25) is 0 Å². The largest absolute Gasteiger partial charge is 0.426 e. The van der Waals surface area contributed by atoms with Gasteiger partial charge in [0.05, 0.1) is 5.52 Å². The van der Waals surface area contributed by atoms with Crippen LogP contribution >= 0.6 is 0 Å². The molecule has 0 unspecified atom stereocenters. The van der Waals surface area contributed by atoms with Gasteiger partial charge in [-0.1, -0.05) is 18.2 Å². The molecular formula is C9H8N2O. The van der Waals surface area contributed by atoms with Gasteiger partial charge in [-0.25, -0.2) is 0 Å². The van der Waals surface area contributed by atoms with Gasteiger partial charge in [0.25, 0.3) is 0 Å². The lowest BCUT2D eigenvalue weighted by Gasteiger charge is -2.01. The van der Waals surface area contributed by atoms with E-state index in [1.807, 2.05) is 24.3 Å². The molecule has 0 radical (unpaired) electrons. The van der Waals surface area contributed by atoms with Crippen molar-refractivity contribution in [3.63, 3.8) is 0 Å². The Morgan fingerprint density at radius 1 is 1.08 bits per heavy atom. The SMILES string of the molecule is N=c1ccc2ccccc2n1O. The number of pyridine rings is 1. The molecule has 0 bridgehead atoms. The van der Waals surface area contributed by atoms with Crippen LogP contribution in [0.4, 0.5) is 0 Å². The van der Waals surface area contributed by atoms with Crippen molar-refractivity contribution in [1.82, 2.24) is 4.73 Å². The maximum Gasteiger partial charge on any atom is 0.161 e. The van der Waals surface area contributed by atoms with Crippen LogP contribution in [0, 0.1) is 5.41 Å². The van der Waals surface area contributed by atoms with Gasteiger partial charge in [-0.2, -0.15) is 4.73 Å². The van der Waals surface area contributed by atoms with Gasteiger partial charge in [-0.15, -0.1) is 0 Å². The fourth-order valence-corrected chi connectivity index (χ4v) is 1.19. The predicted octanol–water partition coefficient (Wildman–Crippen LogP) is 1.36. The van der Waals surface area contributed by atoms with E-state index in [2.05, 4.69) is 0 Å². The summed E-state index contributed by atoms with van der Waals surface area (Å²) < 4.78 is 0.870. The minimum absolute atomic E-state index is 0.0914. The highest BCUT2D eigenvalue weighted by atomic mass is 16.5. The fraction of sp³-hybridized carbons (Fsp3) is 0. The number of hydrogen-bond donors (Lipinski definition) is 2. The molecule has 0 saturated carbocycles. The highest BCUT2D eigenvalue weighted by Gasteiger charge is 1.95. The van der Waals surface area contributed by atoms with Crippen molar-refractivity contribution in [2.75, 3.05) is 0 Å². The summed E-state index contributed by atoms with van der Waals surface area (Å²) in [6, 6.07) is 10.8. The highest BCUT2D eigenvalue weighted by Crippen LogP contribution is 2.08. The van der Waals surface area contributed by atoms with Gasteiger partial charge >= 0.3 is 0 Å². The van der Waals surface area contributed by atoms with Gasteiger partial charge < -0.3 is 5.21 Å². The van der Waals surface area contributed by atoms with Crippen LogP contribution in [0.25, 0.3) is 10.9 Å². The molecule has 1 aromatic carbocycles. The molecule has 0 saturated heterocycles. The zero-order valence-electron chi connectivity index (χ0n) is 6.36. The summed E-state index contributed by atoms with van der Waals surface area (Å²) in [7, 11) is 0. The molecule has 0 amide bonds. The fourth-order valence-electron chi connectivity index (χ4n) is 1.19. The van der Waals surface area contributed by atoms with E-state index in [1.54, 1.807) is 12.1 Å². The van der Waals surface area contributed by atoms with E-state index < -0.39 is 0 Å². The van der Waals surface area contributed by atoms with E-state index >= 15 is 0 Å². The zero-order valence-corrected chi connectivity index (χ0v) is 6.36. The molecule has 2 aromatic rings. The van der Waals surface area contributed by atoms with Crippen LogP contribution < -0.4 is 5.49 Å². The molecule has 0 aliphatic rings. The maximum absolute atomic E-state index is 9.39. The first kappa shape index (κ1) is 6.91. The van der Waals surface area contributed by atoms with E-state index in [-0.39, 0.29) is 5.49 Å². The van der Waals surface area contributed by atoms with Crippen molar-refractivity contribution in [2.45, 2.75) is 0 Å². The Balaban J connectivity index is 3.01. The van der Waals surface area contributed by atoms with Crippen LogP contribution in [0.1, 0.15) is 0 Å². The summed E-state index contributed by atoms with van der Waals surface area (Å²) in [6.45, 7) is 0. The molecule has 1 heterocycles. The molecule has 3 nitrogen and oxygen atoms in total. The zero-order chi connectivity index (χ0) is 8.55. The number of para-hydroxylation sites is 1. The molecule has 60 valence electrons. The average molecular weight is 160 g/mol. The maximum atomic E-state index is 9.39. The lowest BCUT2D eigenvalue weighted by atomic mass is 10.2. The topological polar surface area (TPSA) is 49.0 Å². The smallest absolute Gasteiger partial charge is 0.161 e. The van der Waals surface area contributed by atoms with Crippen molar-refractivity contribution < 1.29 is 5.21 Å². The van der Waals surface area contributed by atoms with Crippen LogP contribution in [0.5, 0.6) is 0 Å². The summed E-state index contributed by atoms with van der Waals surface area (Å²) >= 11 is 0. The summed E-state index contributed by atoms with van der Waals surface area (Å²) in [6.07, 6.45) is 0. The minimum Gasteiger partial charge on any atom is -0.426 e. The van der Waals surface area contributed by atoms with E-state index in [9.17, 15) is 5.21 Å². The lowest BCUT2D eigenvalue weighted by Crippen LogP contribution is -2.16. The van der Waals surface area contributed by atoms with Gasteiger partial charge in [0, 0.05) is 5.39 Å². The van der Waals surface area contributed by atoms with Crippen molar-refractivity contribution in [2.24, 2.45) is 0 Å². The minimum atomic E-state index is 0.0914. The van der Waals surface area contributed by atoms with Gasteiger partial charge in [0.2, 0.25) is 0 Å². The summed E-state index contributed by atoms with van der Waals surface area (Å²) in [4.78, 5) is 0. The predicted molar refractivity (Wildman–Crippen MR) is 45.0 cm³/mol. The molecule has 1 aromatic heterocycles. The molecule has 0 spiro atoms. The molecule has 2 rings (SSSR count). The molecule has 2 N–H and O–H groups in total. The van der Waals surface area contributed by atoms with Crippen molar-refractivity contribution in [1.29, 1.82) is 5.41 Å². The van der Waals surface area contributed by atoms with Crippen LogP contribution in [-0.2, 0) is 0 Å². The molecular weight excluding hydrogens is 152 g/mol. The second kappa shape index (κ2) is 2.37. The first-order chi connectivity index (χ1) is 5.79. The number of fused-ring (bicyclic) bond motifs is 1. The Labute approximate surface area is 69.0 Å². The number of nitrogens with zero attached hydrogens (tertiary/aromatic N) is 1. The molecule has 3 heteroatoms. The molecule has 12 heavy (non-hydrogen) atoms. The van der Waals surface area contributed by atoms with Gasteiger partial charge in [0.1, 0.15) is 0 Å². The number of nitrogens with one attached hydrogen (secondary N) is 1. The monoisotopic (exact) mass is 160 g/mol. The summed E-state index contributed by atoms with van der Waals surface area (Å²) in [5.74, 6) is 0. The standard InChI is InChI=1S/C9H8N2O/c10-9-6-5-7-3-1-2-4-8(7)11(9)12/h1-6,10,12H. The van der Waals surface area contributed by atoms with Gasteiger partial charge in [0.15, 0.2) is 5.49 Å². The third kappa shape index (κ3) is 0.871. The van der Waals surface area contributed by atoms with Crippen molar-refractivity contribution in [3.8, 4) is 0 Å². The Morgan fingerprint density at radius 3 is 2.67 bits per heavy atom. The molecule has 0 fully saturated rings. The highest BCUT2D eigenvalue weighted by molar-refractivity contribution is 5.78. The second-order valence-electron chi connectivity index (χ2n) is 2.59. The van der Waals surface area contributed by atoms with Crippen molar-refractivity contribution >= 4 is 10.9 Å². The Hall–Kier alpha value is -1.77. The number of aromatic nitrogens is 1. The lowest BCUT2D eigenvalue weighted by molar-refractivity contribution is 0.184. The van der Waals surface area contributed by atoms with Gasteiger partial charge in [-0.05, 0) is 18.2 Å². The van der Waals surface area contributed by atoms with Crippen LogP contribution in [0.15, 0.2) is 36.4 Å². The quantitative estimate of drug-likeness (QED) is 0.561. The van der Waals surface area contributed by atoms with Crippen LogP contribution in [0.3, 0.4) is 0 Å². The van der Waals surface area contributed by atoms with E-state index in [4.69, 9.17) is 5.41 Å². The number of benzene rings is 1.